The predicted octanol–water partition coefficient (Wildman–Crippen LogP) is 3.55. The molecule has 1 aromatic rings. The van der Waals surface area contributed by atoms with E-state index in [4.69, 9.17) is 23.2 Å². The summed E-state index contributed by atoms with van der Waals surface area (Å²) in [4.78, 5) is 3.20. The summed E-state index contributed by atoms with van der Waals surface area (Å²) in [5.41, 5.74) is -0.611. The van der Waals surface area contributed by atoms with Gasteiger partial charge >= 0.3 is 0 Å². The second-order valence-electron chi connectivity index (χ2n) is 2.23. The lowest BCUT2D eigenvalue weighted by atomic mass is 10.2. The van der Waals surface area contributed by atoms with Crippen LogP contribution in [0.5, 0.6) is 0 Å². The van der Waals surface area contributed by atoms with Gasteiger partial charge in [-0.15, -0.1) is 11.6 Å². The van der Waals surface area contributed by atoms with E-state index < -0.39 is 23.0 Å². The van der Waals surface area contributed by atoms with Crippen molar-refractivity contribution in [3.63, 3.8) is 0 Å². The standard InChI is InChI=1S/C7H4Cl2F3N/c8-2-5-3(6(10)11)1-4(9)7(12)13-5/h1,6H,2H2. The van der Waals surface area contributed by atoms with Crippen molar-refractivity contribution in [2.45, 2.75) is 12.3 Å². The topological polar surface area (TPSA) is 12.9 Å². The second kappa shape index (κ2) is 4.15. The van der Waals surface area contributed by atoms with Crippen LogP contribution in [0.4, 0.5) is 13.2 Å². The first-order valence-electron chi connectivity index (χ1n) is 3.25. The van der Waals surface area contributed by atoms with Crippen LogP contribution in [0.25, 0.3) is 0 Å². The number of alkyl halides is 3. The predicted molar refractivity (Wildman–Crippen MR) is 43.7 cm³/mol. The molecule has 0 spiro atoms. The third kappa shape index (κ3) is 2.25. The Hall–Kier alpha value is -0.480. The van der Waals surface area contributed by atoms with Crippen molar-refractivity contribution >= 4 is 23.2 Å². The van der Waals surface area contributed by atoms with Gasteiger partial charge in [0.1, 0.15) is 0 Å². The molecule has 0 unspecified atom stereocenters. The molecular formula is C7H4Cl2F3N. The molecule has 1 nitrogen and oxygen atoms in total. The summed E-state index contributed by atoms with van der Waals surface area (Å²) in [7, 11) is 0. The van der Waals surface area contributed by atoms with Crippen LogP contribution in [0.1, 0.15) is 17.7 Å². The van der Waals surface area contributed by atoms with E-state index in [-0.39, 0.29) is 11.6 Å². The first-order chi connectivity index (χ1) is 6.06. The summed E-state index contributed by atoms with van der Waals surface area (Å²) in [6.45, 7) is 0. The molecule has 0 aromatic carbocycles. The van der Waals surface area contributed by atoms with E-state index >= 15 is 0 Å². The summed E-state index contributed by atoms with van der Waals surface area (Å²) in [5.74, 6) is -1.25. The Bertz CT molecular complexity index is 317. The summed E-state index contributed by atoms with van der Waals surface area (Å²) in [5, 5.41) is -0.427. The highest BCUT2D eigenvalue weighted by molar-refractivity contribution is 6.30. The van der Waals surface area contributed by atoms with Crippen LogP contribution in [0.2, 0.25) is 5.02 Å². The molecule has 0 fully saturated rings. The normalized spacial score (nSPS) is 10.9. The van der Waals surface area contributed by atoms with Crippen molar-refractivity contribution in [2.24, 2.45) is 0 Å². The average molecular weight is 230 g/mol. The first-order valence-corrected chi connectivity index (χ1v) is 4.16. The zero-order valence-electron chi connectivity index (χ0n) is 6.20. The Balaban J connectivity index is 3.25. The molecule has 0 N–H and O–H groups in total. The van der Waals surface area contributed by atoms with Gasteiger partial charge < -0.3 is 0 Å². The molecule has 1 rings (SSSR count). The number of hydrogen-bond donors (Lipinski definition) is 0. The number of nitrogens with zero attached hydrogens (tertiary/aromatic N) is 1. The van der Waals surface area contributed by atoms with Gasteiger partial charge in [0, 0.05) is 5.56 Å². The number of hydrogen-bond acceptors (Lipinski definition) is 1. The van der Waals surface area contributed by atoms with Crippen LogP contribution in [0.3, 0.4) is 0 Å². The highest BCUT2D eigenvalue weighted by atomic mass is 35.5. The van der Waals surface area contributed by atoms with Crippen LogP contribution in [0, 0.1) is 5.95 Å². The van der Waals surface area contributed by atoms with Crippen LogP contribution in [-0.2, 0) is 5.88 Å². The van der Waals surface area contributed by atoms with Crippen molar-refractivity contribution < 1.29 is 13.2 Å². The largest absolute Gasteiger partial charge is 0.265 e. The quantitative estimate of drug-likeness (QED) is 0.559. The number of halogens is 5. The lowest BCUT2D eigenvalue weighted by molar-refractivity contribution is 0.149. The molecule has 6 heteroatoms. The molecule has 1 heterocycles. The molecule has 1 aromatic heterocycles. The smallest absolute Gasteiger partial charge is 0.222 e. The van der Waals surface area contributed by atoms with Crippen molar-refractivity contribution in [3.05, 3.63) is 28.3 Å². The van der Waals surface area contributed by atoms with Crippen molar-refractivity contribution in [2.75, 3.05) is 0 Å². The monoisotopic (exact) mass is 229 g/mol. The Morgan fingerprint density at radius 1 is 1.46 bits per heavy atom. The summed E-state index contributed by atoms with van der Waals surface area (Å²) in [6.07, 6.45) is -2.75. The Morgan fingerprint density at radius 3 is 2.54 bits per heavy atom. The van der Waals surface area contributed by atoms with Gasteiger partial charge in [0.15, 0.2) is 0 Å². The fraction of sp³-hybridized carbons (Fsp3) is 0.286. The third-order valence-corrected chi connectivity index (χ3v) is 1.93. The molecule has 0 bridgehead atoms. The second-order valence-corrected chi connectivity index (χ2v) is 2.91. The summed E-state index contributed by atoms with van der Waals surface area (Å²) in [6, 6.07) is 0.840. The van der Waals surface area contributed by atoms with Gasteiger partial charge in [0.25, 0.3) is 6.43 Å². The van der Waals surface area contributed by atoms with Crippen molar-refractivity contribution in [1.82, 2.24) is 4.98 Å². The number of aromatic nitrogens is 1. The van der Waals surface area contributed by atoms with E-state index in [2.05, 4.69) is 4.98 Å². The molecule has 0 aliphatic rings. The summed E-state index contributed by atoms with van der Waals surface area (Å²) >= 11 is 10.6. The highest BCUT2D eigenvalue weighted by Gasteiger charge is 2.16. The van der Waals surface area contributed by atoms with Gasteiger partial charge in [-0.25, -0.2) is 13.8 Å². The third-order valence-electron chi connectivity index (χ3n) is 1.41. The molecular weight excluding hydrogens is 226 g/mol. The SMILES string of the molecule is Fc1nc(CCl)c(C(F)F)cc1Cl. The van der Waals surface area contributed by atoms with E-state index in [1.54, 1.807) is 0 Å². The maximum absolute atomic E-state index is 12.7. The molecule has 13 heavy (non-hydrogen) atoms. The van der Waals surface area contributed by atoms with Gasteiger partial charge in [-0.3, -0.25) is 0 Å². The van der Waals surface area contributed by atoms with E-state index in [0.717, 1.165) is 6.07 Å². The van der Waals surface area contributed by atoms with E-state index in [1.165, 1.54) is 0 Å². The molecule has 72 valence electrons. The van der Waals surface area contributed by atoms with Gasteiger partial charge in [-0.1, -0.05) is 11.6 Å². The van der Waals surface area contributed by atoms with Crippen molar-refractivity contribution in [1.29, 1.82) is 0 Å². The maximum Gasteiger partial charge on any atom is 0.265 e. The lowest BCUT2D eigenvalue weighted by Crippen LogP contribution is -1.99. The van der Waals surface area contributed by atoms with E-state index in [9.17, 15) is 13.2 Å². The fourth-order valence-electron chi connectivity index (χ4n) is 0.812. The van der Waals surface area contributed by atoms with Gasteiger partial charge in [0.05, 0.1) is 16.6 Å². The molecule has 0 saturated heterocycles. The van der Waals surface area contributed by atoms with Crippen LogP contribution < -0.4 is 0 Å². The Labute approximate surface area is 82.5 Å². The molecule has 0 aliphatic heterocycles. The lowest BCUT2D eigenvalue weighted by Gasteiger charge is -2.05. The highest BCUT2D eigenvalue weighted by Crippen LogP contribution is 2.26. The molecule has 0 atom stereocenters. The molecule has 0 saturated carbocycles. The Kier molecular flexibility index (Phi) is 3.39. The van der Waals surface area contributed by atoms with Gasteiger partial charge in [-0.05, 0) is 6.07 Å². The van der Waals surface area contributed by atoms with Crippen LogP contribution in [-0.4, -0.2) is 4.98 Å². The maximum atomic E-state index is 12.7. The first kappa shape index (κ1) is 10.6. The van der Waals surface area contributed by atoms with Crippen LogP contribution in [0.15, 0.2) is 6.07 Å². The molecule has 0 amide bonds. The number of pyridine rings is 1. The van der Waals surface area contributed by atoms with E-state index in [1.807, 2.05) is 0 Å². The van der Waals surface area contributed by atoms with Gasteiger partial charge in [0.2, 0.25) is 5.95 Å². The minimum atomic E-state index is -2.75. The zero-order chi connectivity index (χ0) is 10.0. The average Bonchev–Trinajstić information content (AvgIpc) is 2.08. The van der Waals surface area contributed by atoms with Crippen LogP contribution >= 0.6 is 23.2 Å². The zero-order valence-corrected chi connectivity index (χ0v) is 7.71. The Morgan fingerprint density at radius 2 is 2.08 bits per heavy atom. The summed E-state index contributed by atoms with van der Waals surface area (Å²) < 4.78 is 37.2. The number of rotatable bonds is 2. The minimum absolute atomic E-state index is 0.182. The minimum Gasteiger partial charge on any atom is -0.222 e. The molecule has 0 radical (unpaired) electrons. The van der Waals surface area contributed by atoms with Gasteiger partial charge in [-0.2, -0.15) is 4.39 Å². The molecule has 0 aliphatic carbocycles. The van der Waals surface area contributed by atoms with Crippen molar-refractivity contribution in [3.8, 4) is 0 Å². The van der Waals surface area contributed by atoms with E-state index in [0.29, 0.717) is 0 Å². The fourth-order valence-corrected chi connectivity index (χ4v) is 1.19.